The lowest BCUT2D eigenvalue weighted by atomic mass is 9.99. The minimum absolute atomic E-state index is 0.168. The molecular formula is C18H26O6. The maximum Gasteiger partial charge on any atom is 0.338 e. The zero-order valence-electron chi connectivity index (χ0n) is 13.9. The van der Waals surface area contributed by atoms with Crippen LogP contribution in [0.4, 0.5) is 0 Å². The van der Waals surface area contributed by atoms with Crippen molar-refractivity contribution in [2.24, 2.45) is 0 Å². The van der Waals surface area contributed by atoms with Gasteiger partial charge in [0.05, 0.1) is 33.0 Å². The van der Waals surface area contributed by atoms with Gasteiger partial charge in [0.1, 0.15) is 12.2 Å². The Balaban J connectivity index is 2.94. The number of ether oxygens (including phenoxy) is 5. The minimum Gasteiger partial charge on any atom is -0.455 e. The summed E-state index contributed by atoms with van der Waals surface area (Å²) in [5.74, 6) is -0.517. The number of hydrogen-bond donors (Lipinski definition) is 0. The Morgan fingerprint density at radius 1 is 0.833 bits per heavy atom. The van der Waals surface area contributed by atoms with E-state index in [1.807, 2.05) is 0 Å². The van der Waals surface area contributed by atoms with Crippen molar-refractivity contribution in [1.82, 2.24) is 0 Å². The molecule has 134 valence electrons. The third kappa shape index (κ3) is 6.05. The molecular weight excluding hydrogens is 312 g/mol. The van der Waals surface area contributed by atoms with Crippen LogP contribution in [0.25, 0.3) is 0 Å². The van der Waals surface area contributed by atoms with Gasteiger partial charge < -0.3 is 23.7 Å². The lowest BCUT2D eigenvalue weighted by Gasteiger charge is -2.40. The van der Waals surface area contributed by atoms with Gasteiger partial charge in [0, 0.05) is 0 Å². The first kappa shape index (κ1) is 20.3. The molecule has 0 radical (unpaired) electrons. The SMILES string of the molecule is C=CCOC[C@H]1OC(=O)[C@@H](OCC=C)[C@@H](OCC=C)[C@@H]1OCC=C. The fourth-order valence-corrected chi connectivity index (χ4v) is 2.27. The Kier molecular flexibility index (Phi) is 9.95. The summed E-state index contributed by atoms with van der Waals surface area (Å²) >= 11 is 0. The van der Waals surface area contributed by atoms with Crippen LogP contribution in [-0.4, -0.2) is 63.4 Å². The average molecular weight is 338 g/mol. The summed E-state index contributed by atoms with van der Waals surface area (Å²) < 4.78 is 27.9. The number of carbonyl (C=O) groups is 1. The van der Waals surface area contributed by atoms with Crippen molar-refractivity contribution in [3.8, 4) is 0 Å². The van der Waals surface area contributed by atoms with E-state index in [1.165, 1.54) is 0 Å². The minimum atomic E-state index is -0.909. The highest BCUT2D eigenvalue weighted by atomic mass is 16.6. The molecule has 0 aromatic rings. The molecule has 0 N–H and O–H groups in total. The molecule has 0 amide bonds. The van der Waals surface area contributed by atoms with Gasteiger partial charge in [0.2, 0.25) is 0 Å². The molecule has 6 heteroatoms. The molecule has 1 aliphatic heterocycles. The fraction of sp³-hybridized carbons (Fsp3) is 0.500. The van der Waals surface area contributed by atoms with Crippen molar-refractivity contribution < 1.29 is 28.5 Å². The molecule has 6 nitrogen and oxygen atoms in total. The largest absolute Gasteiger partial charge is 0.455 e. The Morgan fingerprint density at radius 2 is 1.38 bits per heavy atom. The smallest absolute Gasteiger partial charge is 0.338 e. The molecule has 1 heterocycles. The summed E-state index contributed by atoms with van der Waals surface area (Å²) in [7, 11) is 0. The van der Waals surface area contributed by atoms with E-state index in [0.29, 0.717) is 6.61 Å². The van der Waals surface area contributed by atoms with Crippen molar-refractivity contribution >= 4 is 5.97 Å². The number of rotatable bonds is 13. The quantitative estimate of drug-likeness (QED) is 0.290. The summed E-state index contributed by atoms with van der Waals surface area (Å²) in [5.41, 5.74) is 0. The van der Waals surface area contributed by atoms with E-state index in [0.717, 1.165) is 0 Å². The van der Waals surface area contributed by atoms with Crippen LogP contribution in [0.1, 0.15) is 0 Å². The summed E-state index contributed by atoms with van der Waals surface area (Å²) in [5, 5.41) is 0. The van der Waals surface area contributed by atoms with E-state index in [9.17, 15) is 4.79 Å². The standard InChI is InChI=1S/C18H26O6/c1-5-9-20-13-14-15(21-10-6-2)16(22-11-7-3)17(18(19)24-14)23-12-8-4/h5-8,14-17H,1-4,9-13H2/t14-,15-,16+,17+/m1/s1. The summed E-state index contributed by atoms with van der Waals surface area (Å²) in [4.78, 5) is 12.3. The lowest BCUT2D eigenvalue weighted by molar-refractivity contribution is -0.228. The van der Waals surface area contributed by atoms with Crippen molar-refractivity contribution in [1.29, 1.82) is 0 Å². The van der Waals surface area contributed by atoms with Gasteiger partial charge in [-0.15, -0.1) is 26.3 Å². The molecule has 1 aliphatic rings. The van der Waals surface area contributed by atoms with E-state index < -0.39 is 30.4 Å². The molecule has 1 fully saturated rings. The molecule has 1 rings (SSSR count). The van der Waals surface area contributed by atoms with Gasteiger partial charge >= 0.3 is 5.97 Å². The van der Waals surface area contributed by atoms with Crippen LogP contribution >= 0.6 is 0 Å². The van der Waals surface area contributed by atoms with Crippen molar-refractivity contribution in [2.75, 3.05) is 33.0 Å². The second-order valence-electron chi connectivity index (χ2n) is 5.02. The van der Waals surface area contributed by atoms with Crippen LogP contribution in [0.3, 0.4) is 0 Å². The van der Waals surface area contributed by atoms with Crippen LogP contribution < -0.4 is 0 Å². The predicted molar refractivity (Wildman–Crippen MR) is 90.7 cm³/mol. The van der Waals surface area contributed by atoms with Gasteiger partial charge in [-0.2, -0.15) is 0 Å². The zero-order chi connectivity index (χ0) is 17.8. The molecule has 4 atom stereocenters. The third-order valence-corrected chi connectivity index (χ3v) is 3.21. The van der Waals surface area contributed by atoms with Gasteiger partial charge in [-0.3, -0.25) is 0 Å². The average Bonchev–Trinajstić information content (AvgIpc) is 2.58. The van der Waals surface area contributed by atoms with Crippen LogP contribution in [0.5, 0.6) is 0 Å². The molecule has 0 bridgehead atoms. The van der Waals surface area contributed by atoms with Crippen molar-refractivity contribution in [2.45, 2.75) is 24.4 Å². The molecule has 24 heavy (non-hydrogen) atoms. The topological polar surface area (TPSA) is 63.2 Å². The van der Waals surface area contributed by atoms with Gasteiger partial charge in [0.25, 0.3) is 0 Å². The third-order valence-electron chi connectivity index (χ3n) is 3.21. The summed E-state index contributed by atoms with van der Waals surface area (Å²) in [6.07, 6.45) is 3.65. The normalized spacial score (nSPS) is 26.4. The van der Waals surface area contributed by atoms with Gasteiger partial charge in [0.15, 0.2) is 12.2 Å². The van der Waals surface area contributed by atoms with E-state index in [2.05, 4.69) is 26.3 Å². The molecule has 0 spiro atoms. The first-order valence-corrected chi connectivity index (χ1v) is 7.76. The summed E-state index contributed by atoms with van der Waals surface area (Å²) in [6, 6.07) is 0. The Bertz CT molecular complexity index is 433. The molecule has 0 saturated carbocycles. The van der Waals surface area contributed by atoms with Crippen LogP contribution in [0.2, 0.25) is 0 Å². The first-order valence-electron chi connectivity index (χ1n) is 7.76. The number of cyclic esters (lactones) is 1. The van der Waals surface area contributed by atoms with Crippen molar-refractivity contribution in [3.05, 3.63) is 50.6 Å². The first-order chi connectivity index (χ1) is 11.7. The fourth-order valence-electron chi connectivity index (χ4n) is 2.27. The van der Waals surface area contributed by atoms with Crippen LogP contribution in [0, 0.1) is 0 Å². The highest BCUT2D eigenvalue weighted by Gasteiger charge is 2.48. The molecule has 0 aliphatic carbocycles. The molecule has 1 saturated heterocycles. The van der Waals surface area contributed by atoms with Crippen molar-refractivity contribution in [3.63, 3.8) is 0 Å². The summed E-state index contributed by atoms with van der Waals surface area (Å²) in [6.45, 7) is 15.7. The van der Waals surface area contributed by atoms with E-state index in [-0.39, 0.29) is 26.4 Å². The maximum absolute atomic E-state index is 12.3. The Hall–Kier alpha value is -1.73. The maximum atomic E-state index is 12.3. The lowest BCUT2D eigenvalue weighted by Crippen LogP contribution is -2.59. The zero-order valence-corrected chi connectivity index (χ0v) is 13.9. The molecule has 0 aromatic carbocycles. The molecule has 0 aromatic heterocycles. The van der Waals surface area contributed by atoms with Crippen LogP contribution in [-0.2, 0) is 28.5 Å². The van der Waals surface area contributed by atoms with Crippen LogP contribution in [0.15, 0.2) is 50.6 Å². The van der Waals surface area contributed by atoms with E-state index in [1.54, 1.807) is 24.3 Å². The second-order valence-corrected chi connectivity index (χ2v) is 5.02. The monoisotopic (exact) mass is 338 g/mol. The highest BCUT2D eigenvalue weighted by Crippen LogP contribution is 2.25. The Morgan fingerprint density at radius 3 is 1.96 bits per heavy atom. The number of esters is 1. The van der Waals surface area contributed by atoms with E-state index >= 15 is 0 Å². The predicted octanol–water partition coefficient (Wildman–Crippen LogP) is 1.83. The van der Waals surface area contributed by atoms with Gasteiger partial charge in [-0.05, 0) is 0 Å². The number of hydrogen-bond acceptors (Lipinski definition) is 6. The molecule has 0 unspecified atom stereocenters. The number of carbonyl (C=O) groups excluding carboxylic acids is 1. The Labute approximate surface area is 143 Å². The second kappa shape index (κ2) is 11.8. The van der Waals surface area contributed by atoms with Gasteiger partial charge in [-0.1, -0.05) is 24.3 Å². The van der Waals surface area contributed by atoms with E-state index in [4.69, 9.17) is 23.7 Å². The van der Waals surface area contributed by atoms with Gasteiger partial charge in [-0.25, -0.2) is 4.79 Å². The highest BCUT2D eigenvalue weighted by molar-refractivity contribution is 5.77.